The number of halogens is 1. The molecule has 2 aliphatic heterocycles. The summed E-state index contributed by atoms with van der Waals surface area (Å²) in [5, 5.41) is 14.1. The number of rotatable bonds is 1. The number of hydrogen-bond donors (Lipinski definition) is 1. The molecule has 1 aromatic carbocycles. The molecule has 0 fully saturated rings. The number of aromatic hydroxyl groups is 1. The van der Waals surface area contributed by atoms with E-state index in [-0.39, 0.29) is 27.8 Å². The van der Waals surface area contributed by atoms with Crippen molar-refractivity contribution >= 4 is 39.6 Å². The molecule has 5 heteroatoms. The Labute approximate surface area is 160 Å². The Hall–Kier alpha value is -0.940. The van der Waals surface area contributed by atoms with Gasteiger partial charge in [0.05, 0.1) is 12.2 Å². The quantitative estimate of drug-likeness (QED) is 0.683. The molecule has 0 atom stereocenters. The van der Waals surface area contributed by atoms with E-state index in [9.17, 15) is 5.11 Å². The van der Waals surface area contributed by atoms with Gasteiger partial charge in [-0.15, -0.1) is 17.0 Å². The molecule has 1 aromatic rings. The summed E-state index contributed by atoms with van der Waals surface area (Å²) in [4.78, 5) is 6.83. The van der Waals surface area contributed by atoms with Crippen molar-refractivity contribution in [3.05, 3.63) is 34.2 Å². The van der Waals surface area contributed by atoms with Gasteiger partial charge in [0.25, 0.3) is 0 Å². The fourth-order valence-corrected chi connectivity index (χ4v) is 4.04. The third-order valence-corrected chi connectivity index (χ3v) is 5.29. The highest BCUT2D eigenvalue weighted by Crippen LogP contribution is 2.43. The summed E-state index contributed by atoms with van der Waals surface area (Å²) < 4.78 is 0. The first kappa shape index (κ1) is 19.4. The van der Waals surface area contributed by atoms with Gasteiger partial charge in [0.2, 0.25) is 0 Å². The van der Waals surface area contributed by atoms with E-state index >= 15 is 0 Å². The summed E-state index contributed by atoms with van der Waals surface area (Å²) in [6.07, 6.45) is 0. The zero-order chi connectivity index (χ0) is 17.0. The van der Waals surface area contributed by atoms with Crippen molar-refractivity contribution in [3.63, 3.8) is 0 Å². The van der Waals surface area contributed by atoms with Crippen molar-refractivity contribution in [1.29, 1.82) is 0 Å². The van der Waals surface area contributed by atoms with Crippen molar-refractivity contribution in [3.8, 4) is 5.75 Å². The third kappa shape index (κ3) is 3.38. The number of thioether (sulfide) groups is 1. The third-order valence-electron chi connectivity index (χ3n) is 4.39. The zero-order valence-electron chi connectivity index (χ0n) is 15.3. The van der Waals surface area contributed by atoms with E-state index in [2.05, 4.69) is 69.0 Å². The highest BCUT2D eigenvalue weighted by molar-refractivity contribution is 8.93. The lowest BCUT2D eigenvalue weighted by Gasteiger charge is -2.29. The van der Waals surface area contributed by atoms with Crippen LogP contribution in [0.5, 0.6) is 5.75 Å². The van der Waals surface area contributed by atoms with Crippen LogP contribution in [-0.4, -0.2) is 28.3 Å². The van der Waals surface area contributed by atoms with Crippen LogP contribution in [0.15, 0.2) is 22.5 Å². The van der Waals surface area contributed by atoms with E-state index in [0.29, 0.717) is 5.75 Å². The minimum atomic E-state index is -0.103. The second kappa shape index (κ2) is 6.41. The smallest absolute Gasteiger partial charge is 0.168 e. The van der Waals surface area contributed by atoms with Crippen LogP contribution >= 0.6 is 28.7 Å². The molecule has 2 aliphatic rings. The zero-order valence-corrected chi connectivity index (χ0v) is 17.8. The van der Waals surface area contributed by atoms with Gasteiger partial charge in [-0.1, -0.05) is 53.3 Å². The highest BCUT2D eigenvalue weighted by Gasteiger charge is 2.31. The lowest BCUT2D eigenvalue weighted by Crippen LogP contribution is -2.22. The van der Waals surface area contributed by atoms with Crippen molar-refractivity contribution in [2.75, 3.05) is 13.1 Å². The molecule has 3 nitrogen and oxygen atoms in total. The van der Waals surface area contributed by atoms with Gasteiger partial charge in [0.15, 0.2) is 5.17 Å². The number of amidine groups is 1. The van der Waals surface area contributed by atoms with Gasteiger partial charge >= 0.3 is 0 Å². The topological polar surface area (TPSA) is 35.8 Å². The minimum absolute atomic E-state index is 0. The van der Waals surface area contributed by atoms with E-state index in [1.54, 1.807) is 11.8 Å². The number of nitrogens with zero attached hydrogens (tertiary/aromatic N) is 2. The largest absolute Gasteiger partial charge is 0.507 e. The Morgan fingerprint density at radius 2 is 1.58 bits per heavy atom. The van der Waals surface area contributed by atoms with Crippen LogP contribution in [0.4, 0.5) is 0 Å². The molecule has 0 unspecified atom stereocenters. The maximum absolute atomic E-state index is 10.9. The number of aliphatic imine (C=N–C) groups is 1. The van der Waals surface area contributed by atoms with Gasteiger partial charge in [-0.05, 0) is 28.5 Å². The van der Waals surface area contributed by atoms with Crippen molar-refractivity contribution in [2.24, 2.45) is 4.99 Å². The molecule has 132 valence electrons. The first-order valence-electron chi connectivity index (χ1n) is 8.16. The Morgan fingerprint density at radius 1 is 1.04 bits per heavy atom. The molecule has 0 spiro atoms. The molecule has 3 rings (SSSR count). The monoisotopic (exact) mass is 410 g/mol. The number of benzene rings is 1. The second-order valence-electron chi connectivity index (χ2n) is 8.36. The first-order valence-corrected chi connectivity index (χ1v) is 9.04. The predicted octanol–water partition coefficient (Wildman–Crippen LogP) is 5.28. The lowest BCUT2D eigenvalue weighted by molar-refractivity contribution is 0.423. The van der Waals surface area contributed by atoms with Gasteiger partial charge in [0.1, 0.15) is 5.75 Å². The fourth-order valence-electron chi connectivity index (χ4n) is 3.07. The second-order valence-corrected chi connectivity index (χ2v) is 9.19. The number of fused-ring (bicyclic) bond motifs is 1. The summed E-state index contributed by atoms with van der Waals surface area (Å²) >= 11 is 1.70. The van der Waals surface area contributed by atoms with Crippen LogP contribution < -0.4 is 0 Å². The SMILES string of the molecule is Br.CC(C)(C)c1cc(C2=CSC3=NCCN23)cc(C(C)(C)C)c1O. The maximum Gasteiger partial charge on any atom is 0.168 e. The van der Waals surface area contributed by atoms with Gasteiger partial charge in [-0.25, -0.2) is 0 Å². The van der Waals surface area contributed by atoms with Crippen molar-refractivity contribution in [1.82, 2.24) is 4.90 Å². The molecule has 0 aliphatic carbocycles. The van der Waals surface area contributed by atoms with E-state index < -0.39 is 0 Å². The Morgan fingerprint density at radius 3 is 2.08 bits per heavy atom. The summed E-state index contributed by atoms with van der Waals surface area (Å²) in [5.41, 5.74) is 4.20. The number of hydrogen-bond acceptors (Lipinski definition) is 4. The van der Waals surface area contributed by atoms with Crippen molar-refractivity contribution < 1.29 is 5.11 Å². The average molecular weight is 411 g/mol. The summed E-state index contributed by atoms with van der Waals surface area (Å²) in [6, 6.07) is 4.30. The van der Waals surface area contributed by atoms with Crippen LogP contribution in [0.3, 0.4) is 0 Å². The van der Waals surface area contributed by atoms with Crippen LogP contribution in [0.1, 0.15) is 58.2 Å². The van der Waals surface area contributed by atoms with Gasteiger partial charge in [-0.2, -0.15) is 0 Å². The molecule has 0 aromatic heterocycles. The molecule has 0 bridgehead atoms. The summed E-state index contributed by atoms with van der Waals surface area (Å²) in [5.74, 6) is 0.440. The van der Waals surface area contributed by atoms with E-state index in [1.165, 1.54) is 11.3 Å². The Bertz CT molecular complexity index is 676. The van der Waals surface area contributed by atoms with Gasteiger partial charge < -0.3 is 10.0 Å². The maximum atomic E-state index is 10.9. The van der Waals surface area contributed by atoms with Crippen LogP contribution in [0.25, 0.3) is 5.70 Å². The summed E-state index contributed by atoms with van der Waals surface area (Å²) in [7, 11) is 0. The first-order chi connectivity index (χ1) is 10.6. The normalized spacial score (nSPS) is 17.3. The van der Waals surface area contributed by atoms with Gasteiger partial charge in [-0.3, -0.25) is 4.99 Å². The molecule has 0 saturated heterocycles. The molecule has 0 amide bonds. The molecule has 1 N–H and O–H groups in total. The molecular weight excluding hydrogens is 384 g/mol. The highest BCUT2D eigenvalue weighted by atomic mass is 79.9. The Kier molecular flexibility index (Phi) is 5.18. The minimum Gasteiger partial charge on any atom is -0.507 e. The fraction of sp³-hybridized carbons (Fsp3) is 0.526. The van der Waals surface area contributed by atoms with E-state index in [4.69, 9.17) is 0 Å². The lowest BCUT2D eigenvalue weighted by atomic mass is 9.78. The van der Waals surface area contributed by atoms with E-state index in [0.717, 1.165) is 29.4 Å². The predicted molar refractivity (Wildman–Crippen MR) is 110 cm³/mol. The van der Waals surface area contributed by atoms with Gasteiger partial charge in [0, 0.05) is 23.1 Å². The Balaban J connectivity index is 0.00000208. The number of phenolic OH excluding ortho intramolecular Hbond substituents is 1. The number of phenols is 1. The molecule has 0 saturated carbocycles. The van der Waals surface area contributed by atoms with Crippen molar-refractivity contribution in [2.45, 2.75) is 52.4 Å². The van der Waals surface area contributed by atoms with Crippen LogP contribution in [0, 0.1) is 0 Å². The van der Waals surface area contributed by atoms with E-state index in [1.807, 2.05) is 0 Å². The summed E-state index contributed by atoms with van der Waals surface area (Å²) in [6.45, 7) is 14.7. The molecule has 2 heterocycles. The van der Waals surface area contributed by atoms with Crippen LogP contribution in [-0.2, 0) is 10.8 Å². The standard InChI is InChI=1S/C19H26N2OS.BrH/c1-18(2,3)13-9-12(10-14(16(13)22)19(4,5)6)15-11-23-17-20-7-8-21(15)17;/h9-11,22H,7-8H2,1-6H3;1H. The molecule has 24 heavy (non-hydrogen) atoms. The van der Waals surface area contributed by atoms with Crippen LogP contribution in [0.2, 0.25) is 0 Å². The molecule has 0 radical (unpaired) electrons. The molecular formula is C19H27BrN2OS. The average Bonchev–Trinajstić information content (AvgIpc) is 2.98.